The summed E-state index contributed by atoms with van der Waals surface area (Å²) in [5.41, 5.74) is 1.09. The van der Waals surface area contributed by atoms with Crippen molar-refractivity contribution >= 4 is 27.5 Å². The molecule has 1 atom stereocenters. The van der Waals surface area contributed by atoms with E-state index in [9.17, 15) is 4.79 Å². The molecule has 0 unspecified atom stereocenters. The lowest BCUT2D eigenvalue weighted by Gasteiger charge is -2.34. The normalized spacial score (nSPS) is 22.8. The number of carbonyl (C=O) groups excluding carboxylic acids is 1. The molecule has 24 heavy (non-hydrogen) atoms. The fraction of sp³-hybridized carbons (Fsp3) is 0.579. The fourth-order valence-corrected chi connectivity index (χ4v) is 4.97. The van der Waals surface area contributed by atoms with Gasteiger partial charge in [0.2, 0.25) is 5.91 Å². The van der Waals surface area contributed by atoms with Crippen LogP contribution >= 0.6 is 11.3 Å². The molecule has 0 bridgehead atoms. The SMILES string of the molecule is O=C(CN1CCCCC1)N1CCC[C@H](c2nc3ccccc3s2)C1. The first kappa shape index (κ1) is 16.0. The minimum absolute atomic E-state index is 0.308. The van der Waals surface area contributed by atoms with Crippen LogP contribution < -0.4 is 0 Å². The number of hydrogen-bond acceptors (Lipinski definition) is 4. The summed E-state index contributed by atoms with van der Waals surface area (Å²) in [6, 6.07) is 8.33. The third-order valence-corrected chi connectivity index (χ3v) is 6.44. The molecule has 0 spiro atoms. The van der Waals surface area contributed by atoms with Crippen LogP contribution in [0.4, 0.5) is 0 Å². The summed E-state index contributed by atoms with van der Waals surface area (Å²) in [6.07, 6.45) is 6.02. The van der Waals surface area contributed by atoms with Gasteiger partial charge in [-0.05, 0) is 50.9 Å². The summed E-state index contributed by atoms with van der Waals surface area (Å²) in [7, 11) is 0. The number of carbonyl (C=O) groups is 1. The summed E-state index contributed by atoms with van der Waals surface area (Å²) >= 11 is 1.79. The van der Waals surface area contributed by atoms with Crippen molar-refractivity contribution in [2.75, 3.05) is 32.7 Å². The van der Waals surface area contributed by atoms with Crippen LogP contribution in [0.2, 0.25) is 0 Å². The number of piperidine rings is 2. The molecule has 4 nitrogen and oxygen atoms in total. The molecular weight excluding hydrogens is 318 g/mol. The molecule has 5 heteroatoms. The molecule has 1 amide bonds. The largest absolute Gasteiger partial charge is 0.341 e. The van der Waals surface area contributed by atoms with E-state index in [-0.39, 0.29) is 0 Å². The Bertz CT molecular complexity index is 674. The van der Waals surface area contributed by atoms with Crippen LogP contribution in [0.15, 0.2) is 24.3 Å². The highest BCUT2D eigenvalue weighted by Crippen LogP contribution is 2.33. The highest BCUT2D eigenvalue weighted by atomic mass is 32.1. The number of benzene rings is 1. The first-order valence-corrected chi connectivity index (χ1v) is 9.97. The van der Waals surface area contributed by atoms with E-state index in [1.807, 2.05) is 6.07 Å². The van der Waals surface area contributed by atoms with E-state index in [0.29, 0.717) is 18.4 Å². The summed E-state index contributed by atoms with van der Waals surface area (Å²) < 4.78 is 1.25. The van der Waals surface area contributed by atoms with E-state index in [0.717, 1.165) is 44.5 Å². The Hall–Kier alpha value is -1.46. The van der Waals surface area contributed by atoms with Gasteiger partial charge in [-0.2, -0.15) is 0 Å². The highest BCUT2D eigenvalue weighted by molar-refractivity contribution is 7.18. The maximum atomic E-state index is 12.7. The maximum absolute atomic E-state index is 12.7. The second kappa shape index (κ2) is 7.19. The number of nitrogens with zero attached hydrogens (tertiary/aromatic N) is 3. The first-order valence-electron chi connectivity index (χ1n) is 9.15. The van der Waals surface area contributed by atoms with Gasteiger partial charge in [0.25, 0.3) is 0 Å². The molecule has 2 aliphatic rings. The van der Waals surface area contributed by atoms with E-state index in [1.54, 1.807) is 11.3 Å². The van der Waals surface area contributed by atoms with E-state index in [4.69, 9.17) is 4.98 Å². The van der Waals surface area contributed by atoms with Crippen molar-refractivity contribution in [3.05, 3.63) is 29.3 Å². The van der Waals surface area contributed by atoms with Crippen LogP contribution in [-0.2, 0) is 4.79 Å². The minimum Gasteiger partial charge on any atom is -0.341 e. The van der Waals surface area contributed by atoms with E-state index >= 15 is 0 Å². The predicted octanol–water partition coefficient (Wildman–Crippen LogP) is 3.49. The zero-order valence-electron chi connectivity index (χ0n) is 14.1. The summed E-state index contributed by atoms with van der Waals surface area (Å²) in [4.78, 5) is 21.9. The Morgan fingerprint density at radius 3 is 2.79 bits per heavy atom. The van der Waals surface area contributed by atoms with Crippen LogP contribution in [0, 0.1) is 0 Å². The van der Waals surface area contributed by atoms with Crippen molar-refractivity contribution in [1.29, 1.82) is 0 Å². The van der Waals surface area contributed by atoms with Gasteiger partial charge in [0.15, 0.2) is 0 Å². The van der Waals surface area contributed by atoms with Gasteiger partial charge in [0.05, 0.1) is 21.8 Å². The van der Waals surface area contributed by atoms with Gasteiger partial charge in [-0.15, -0.1) is 11.3 Å². The van der Waals surface area contributed by atoms with Crippen LogP contribution in [0.1, 0.15) is 43.0 Å². The van der Waals surface area contributed by atoms with Gasteiger partial charge in [-0.25, -0.2) is 4.98 Å². The molecule has 0 saturated carbocycles. The van der Waals surface area contributed by atoms with Gasteiger partial charge < -0.3 is 4.90 Å². The molecule has 0 radical (unpaired) electrons. The first-order chi connectivity index (χ1) is 11.8. The molecule has 1 aromatic carbocycles. The molecule has 128 valence electrons. The summed E-state index contributed by atoms with van der Waals surface area (Å²) in [5.74, 6) is 0.712. The van der Waals surface area contributed by atoms with Crippen molar-refractivity contribution in [3.63, 3.8) is 0 Å². The van der Waals surface area contributed by atoms with Crippen molar-refractivity contribution in [1.82, 2.24) is 14.8 Å². The van der Waals surface area contributed by atoms with Crippen LogP contribution in [-0.4, -0.2) is 53.4 Å². The van der Waals surface area contributed by atoms with E-state index in [1.165, 1.54) is 29.0 Å². The quantitative estimate of drug-likeness (QED) is 0.856. The Kier molecular flexibility index (Phi) is 4.81. The predicted molar refractivity (Wildman–Crippen MR) is 98.5 cm³/mol. The lowest BCUT2D eigenvalue weighted by atomic mass is 9.98. The molecule has 3 heterocycles. The lowest BCUT2D eigenvalue weighted by molar-refractivity contribution is -0.133. The zero-order valence-corrected chi connectivity index (χ0v) is 14.9. The van der Waals surface area contributed by atoms with Crippen molar-refractivity contribution in [2.24, 2.45) is 0 Å². The maximum Gasteiger partial charge on any atom is 0.236 e. The van der Waals surface area contributed by atoms with E-state index < -0.39 is 0 Å². The number of likely N-dealkylation sites (tertiary alicyclic amines) is 2. The molecule has 2 aliphatic heterocycles. The second-order valence-corrected chi connectivity index (χ2v) is 8.10. The number of aromatic nitrogens is 1. The van der Waals surface area contributed by atoms with Gasteiger partial charge >= 0.3 is 0 Å². The standard InChI is InChI=1S/C19H25N3OS/c23-18(14-21-10-4-1-5-11-21)22-12-6-7-15(13-22)19-20-16-8-2-3-9-17(16)24-19/h2-3,8-9,15H,1,4-7,10-14H2/t15-/m0/s1. The number of para-hydroxylation sites is 1. The second-order valence-electron chi connectivity index (χ2n) is 7.04. The Balaban J connectivity index is 1.42. The molecule has 0 aliphatic carbocycles. The van der Waals surface area contributed by atoms with Gasteiger partial charge in [-0.1, -0.05) is 18.6 Å². The molecular formula is C19H25N3OS. The van der Waals surface area contributed by atoms with Crippen molar-refractivity contribution < 1.29 is 4.79 Å². The molecule has 1 aromatic heterocycles. The number of hydrogen-bond donors (Lipinski definition) is 0. The third-order valence-electron chi connectivity index (χ3n) is 5.24. The lowest BCUT2D eigenvalue weighted by Crippen LogP contribution is -2.45. The minimum atomic E-state index is 0.308. The van der Waals surface area contributed by atoms with Gasteiger partial charge in [0.1, 0.15) is 0 Å². The smallest absolute Gasteiger partial charge is 0.236 e. The molecule has 0 N–H and O–H groups in total. The third kappa shape index (κ3) is 3.47. The van der Waals surface area contributed by atoms with Gasteiger partial charge in [0, 0.05) is 19.0 Å². The van der Waals surface area contributed by atoms with Crippen LogP contribution in [0.3, 0.4) is 0 Å². The molecule has 2 fully saturated rings. The number of thiazole rings is 1. The Morgan fingerprint density at radius 1 is 1.12 bits per heavy atom. The Labute approximate surface area is 147 Å². The number of fused-ring (bicyclic) bond motifs is 1. The average molecular weight is 343 g/mol. The summed E-state index contributed by atoms with van der Waals surface area (Å²) in [6.45, 7) is 4.52. The number of amides is 1. The Morgan fingerprint density at radius 2 is 1.96 bits per heavy atom. The number of rotatable bonds is 3. The highest BCUT2D eigenvalue weighted by Gasteiger charge is 2.27. The topological polar surface area (TPSA) is 36.4 Å². The van der Waals surface area contributed by atoms with Gasteiger partial charge in [-0.3, -0.25) is 9.69 Å². The van der Waals surface area contributed by atoms with E-state index in [2.05, 4.69) is 28.0 Å². The summed E-state index contributed by atoms with van der Waals surface area (Å²) in [5, 5.41) is 1.20. The zero-order chi connectivity index (χ0) is 16.4. The average Bonchev–Trinajstić information content (AvgIpc) is 3.07. The fourth-order valence-electron chi connectivity index (χ4n) is 3.88. The molecule has 4 rings (SSSR count). The molecule has 2 aromatic rings. The monoisotopic (exact) mass is 343 g/mol. The van der Waals surface area contributed by atoms with Crippen LogP contribution in [0.25, 0.3) is 10.2 Å². The van der Waals surface area contributed by atoms with Crippen LogP contribution in [0.5, 0.6) is 0 Å². The molecule has 2 saturated heterocycles. The van der Waals surface area contributed by atoms with Crippen molar-refractivity contribution in [2.45, 2.75) is 38.0 Å². The van der Waals surface area contributed by atoms with Crippen molar-refractivity contribution in [3.8, 4) is 0 Å².